The number of hydrogen-bond acceptors (Lipinski definition) is 6. The summed E-state index contributed by atoms with van der Waals surface area (Å²) in [6.07, 6.45) is 5.53. The van der Waals surface area contributed by atoms with Gasteiger partial charge in [-0.1, -0.05) is 6.07 Å². The molecule has 0 radical (unpaired) electrons. The van der Waals surface area contributed by atoms with E-state index in [0.29, 0.717) is 32.0 Å². The van der Waals surface area contributed by atoms with Gasteiger partial charge in [0.2, 0.25) is 15.9 Å². The van der Waals surface area contributed by atoms with Crippen LogP contribution in [0.5, 0.6) is 0 Å². The lowest BCUT2D eigenvalue weighted by atomic mass is 10.1. The minimum absolute atomic E-state index is 0.0545. The molecule has 1 aliphatic carbocycles. The van der Waals surface area contributed by atoms with E-state index in [1.165, 1.54) is 15.4 Å². The maximum Gasteiger partial charge on any atom is 0.243 e. The van der Waals surface area contributed by atoms with Gasteiger partial charge in [-0.3, -0.25) is 4.79 Å². The summed E-state index contributed by atoms with van der Waals surface area (Å²) in [4.78, 5) is 15.2. The Morgan fingerprint density at radius 2 is 1.68 bits per heavy atom. The number of fused-ring (bicyclic) bond motifs is 1. The molecule has 182 valence electrons. The Balaban J connectivity index is 1.33. The van der Waals surface area contributed by atoms with Gasteiger partial charge in [0, 0.05) is 31.9 Å². The van der Waals surface area contributed by atoms with Gasteiger partial charge in [-0.05, 0) is 73.6 Å². The number of carbonyl (C=O) groups is 1. The molecule has 0 saturated carbocycles. The third kappa shape index (κ3) is 4.92. The number of benzene rings is 2. The summed E-state index contributed by atoms with van der Waals surface area (Å²) >= 11 is 0. The third-order valence-corrected chi connectivity index (χ3v) is 8.74. The van der Waals surface area contributed by atoms with Crippen LogP contribution >= 0.6 is 0 Å². The summed E-state index contributed by atoms with van der Waals surface area (Å²) in [5.74, 6) is -0.160. The number of nitrogens with zero attached hydrogens (tertiary/aromatic N) is 2. The SMILES string of the molecule is O=C(CNc1cc(S(=O)(=O)N2CCOCC2)ccc1N1CCCC1)Nc1ccc2c(c1)CCC2. The summed E-state index contributed by atoms with van der Waals surface area (Å²) in [6, 6.07) is 11.3. The fraction of sp³-hybridized carbons (Fsp3) is 0.480. The Bertz CT molecular complexity index is 1160. The highest BCUT2D eigenvalue weighted by molar-refractivity contribution is 7.89. The molecule has 2 heterocycles. The molecule has 2 aromatic rings. The predicted molar refractivity (Wildman–Crippen MR) is 133 cm³/mol. The molecule has 2 fully saturated rings. The first-order valence-corrected chi connectivity index (χ1v) is 13.6. The molecule has 0 spiro atoms. The number of rotatable bonds is 7. The Hall–Kier alpha value is -2.62. The van der Waals surface area contributed by atoms with Gasteiger partial charge in [0.25, 0.3) is 0 Å². The van der Waals surface area contributed by atoms with Crippen LogP contribution in [-0.4, -0.2) is 64.6 Å². The Kier molecular flexibility index (Phi) is 6.76. The number of hydrogen-bond donors (Lipinski definition) is 2. The van der Waals surface area contributed by atoms with Crippen LogP contribution in [0.1, 0.15) is 30.4 Å². The average molecular weight is 485 g/mol. The molecule has 8 nitrogen and oxygen atoms in total. The number of aryl methyl sites for hydroxylation is 2. The van der Waals surface area contributed by atoms with Crippen LogP contribution in [-0.2, 0) is 32.4 Å². The second-order valence-corrected chi connectivity index (χ2v) is 11.1. The van der Waals surface area contributed by atoms with Crippen LogP contribution in [0.2, 0.25) is 0 Å². The number of carbonyl (C=O) groups excluding carboxylic acids is 1. The van der Waals surface area contributed by atoms with Crippen LogP contribution in [0.25, 0.3) is 0 Å². The van der Waals surface area contributed by atoms with Gasteiger partial charge in [-0.25, -0.2) is 8.42 Å². The van der Waals surface area contributed by atoms with Crippen LogP contribution in [0, 0.1) is 0 Å². The van der Waals surface area contributed by atoms with E-state index in [4.69, 9.17) is 4.74 Å². The number of anilines is 3. The van der Waals surface area contributed by atoms with E-state index in [1.54, 1.807) is 12.1 Å². The second-order valence-electron chi connectivity index (χ2n) is 9.13. The van der Waals surface area contributed by atoms with E-state index in [2.05, 4.69) is 27.7 Å². The van der Waals surface area contributed by atoms with Crippen molar-refractivity contribution in [3.8, 4) is 0 Å². The van der Waals surface area contributed by atoms with Crippen LogP contribution < -0.4 is 15.5 Å². The molecular formula is C25H32N4O4S. The predicted octanol–water partition coefficient (Wildman–Crippen LogP) is 2.85. The van der Waals surface area contributed by atoms with Crippen molar-refractivity contribution in [1.29, 1.82) is 0 Å². The molecule has 2 aromatic carbocycles. The molecule has 2 aliphatic heterocycles. The lowest BCUT2D eigenvalue weighted by Gasteiger charge is -2.27. The molecule has 2 saturated heterocycles. The van der Waals surface area contributed by atoms with E-state index in [0.717, 1.165) is 56.6 Å². The van der Waals surface area contributed by atoms with Gasteiger partial charge >= 0.3 is 0 Å². The Morgan fingerprint density at radius 3 is 2.47 bits per heavy atom. The number of sulfonamides is 1. The molecule has 0 bridgehead atoms. The first-order valence-electron chi connectivity index (χ1n) is 12.1. The summed E-state index contributed by atoms with van der Waals surface area (Å²) in [5, 5.41) is 6.19. The lowest BCUT2D eigenvalue weighted by Crippen LogP contribution is -2.40. The zero-order chi connectivity index (χ0) is 23.5. The molecule has 5 rings (SSSR count). The van der Waals surface area contributed by atoms with Crippen molar-refractivity contribution in [3.05, 3.63) is 47.5 Å². The van der Waals surface area contributed by atoms with Crippen LogP contribution in [0.3, 0.4) is 0 Å². The summed E-state index contributed by atoms with van der Waals surface area (Å²) in [5.41, 5.74) is 5.08. The van der Waals surface area contributed by atoms with E-state index in [9.17, 15) is 13.2 Å². The van der Waals surface area contributed by atoms with Crippen LogP contribution in [0.4, 0.5) is 17.1 Å². The first kappa shape index (κ1) is 23.1. The first-order chi connectivity index (χ1) is 16.5. The van der Waals surface area contributed by atoms with E-state index in [-0.39, 0.29) is 17.3 Å². The van der Waals surface area contributed by atoms with Gasteiger partial charge in [0.1, 0.15) is 0 Å². The van der Waals surface area contributed by atoms with Crippen molar-refractivity contribution in [2.75, 3.05) is 61.5 Å². The minimum atomic E-state index is -3.62. The molecule has 34 heavy (non-hydrogen) atoms. The standard InChI is InChI=1S/C25H32N4O4S/c30-25(27-21-7-6-19-4-3-5-20(19)16-21)18-26-23-17-22(8-9-24(23)28-10-1-2-11-28)34(31,32)29-12-14-33-15-13-29/h6-9,16-17,26H,1-5,10-15,18H2,(H,27,30). The normalized spacial score (nSPS) is 18.6. The van der Waals surface area contributed by atoms with Gasteiger partial charge < -0.3 is 20.3 Å². The van der Waals surface area contributed by atoms with Gasteiger partial charge in [-0.2, -0.15) is 4.31 Å². The highest BCUT2D eigenvalue weighted by atomic mass is 32.2. The number of nitrogens with one attached hydrogen (secondary N) is 2. The van der Waals surface area contributed by atoms with Gasteiger partial charge in [-0.15, -0.1) is 0 Å². The Labute approximate surface area is 201 Å². The average Bonchev–Trinajstić information content (AvgIpc) is 3.55. The largest absolute Gasteiger partial charge is 0.379 e. The fourth-order valence-electron chi connectivity index (χ4n) is 5.02. The van der Waals surface area contributed by atoms with Gasteiger partial charge in [0.05, 0.1) is 36.0 Å². The van der Waals surface area contributed by atoms with Crippen molar-refractivity contribution in [3.63, 3.8) is 0 Å². The van der Waals surface area contributed by atoms with E-state index >= 15 is 0 Å². The van der Waals surface area contributed by atoms with Crippen molar-refractivity contribution in [1.82, 2.24) is 4.31 Å². The van der Waals surface area contributed by atoms with Crippen LogP contribution in [0.15, 0.2) is 41.3 Å². The maximum atomic E-state index is 13.2. The lowest BCUT2D eigenvalue weighted by molar-refractivity contribution is -0.114. The molecule has 0 unspecified atom stereocenters. The minimum Gasteiger partial charge on any atom is -0.379 e. The molecule has 9 heteroatoms. The smallest absolute Gasteiger partial charge is 0.243 e. The molecule has 1 amide bonds. The summed E-state index contributed by atoms with van der Waals surface area (Å²) in [7, 11) is -3.62. The Morgan fingerprint density at radius 1 is 0.912 bits per heavy atom. The van der Waals surface area contributed by atoms with Crippen molar-refractivity contribution < 1.29 is 17.9 Å². The van der Waals surface area contributed by atoms with Crippen molar-refractivity contribution in [2.45, 2.75) is 37.0 Å². The van der Waals surface area contributed by atoms with E-state index < -0.39 is 10.0 Å². The maximum absolute atomic E-state index is 13.2. The molecule has 3 aliphatic rings. The second kappa shape index (κ2) is 9.93. The fourth-order valence-corrected chi connectivity index (χ4v) is 6.45. The molecule has 0 aromatic heterocycles. The molecule has 2 N–H and O–H groups in total. The highest BCUT2D eigenvalue weighted by Gasteiger charge is 2.28. The number of amides is 1. The number of ether oxygens (including phenoxy) is 1. The monoisotopic (exact) mass is 484 g/mol. The zero-order valence-electron chi connectivity index (χ0n) is 19.4. The number of morpholine rings is 1. The van der Waals surface area contributed by atoms with E-state index in [1.807, 2.05) is 12.1 Å². The third-order valence-electron chi connectivity index (χ3n) is 6.84. The highest BCUT2D eigenvalue weighted by Crippen LogP contribution is 2.32. The van der Waals surface area contributed by atoms with Gasteiger partial charge in [0.15, 0.2) is 0 Å². The topological polar surface area (TPSA) is 91.0 Å². The quantitative estimate of drug-likeness (QED) is 0.628. The molecule has 0 atom stereocenters. The summed E-state index contributed by atoms with van der Waals surface area (Å²) < 4.78 is 33.2. The van der Waals surface area contributed by atoms with Crippen molar-refractivity contribution >= 4 is 33.0 Å². The molecular weight excluding hydrogens is 452 g/mol. The summed E-state index contributed by atoms with van der Waals surface area (Å²) in [6.45, 7) is 3.40. The van der Waals surface area contributed by atoms with Crippen molar-refractivity contribution in [2.24, 2.45) is 0 Å². The zero-order valence-corrected chi connectivity index (χ0v) is 20.2.